The van der Waals surface area contributed by atoms with Gasteiger partial charge in [0.15, 0.2) is 0 Å². The van der Waals surface area contributed by atoms with Gasteiger partial charge in [-0.1, -0.05) is 60.7 Å². The van der Waals surface area contributed by atoms with Crippen molar-refractivity contribution in [1.82, 2.24) is 4.98 Å². The molecule has 0 spiro atoms. The molecule has 0 bridgehead atoms. The van der Waals surface area contributed by atoms with Gasteiger partial charge in [-0.25, -0.2) is 4.39 Å². The van der Waals surface area contributed by atoms with Gasteiger partial charge in [-0.3, -0.25) is 4.98 Å². The number of hydrogen-bond acceptors (Lipinski definition) is 1. The summed E-state index contributed by atoms with van der Waals surface area (Å²) in [7, 11) is 0. The first-order chi connectivity index (χ1) is 11.8. The molecule has 0 aliphatic rings. The zero-order valence-corrected chi connectivity index (χ0v) is 13.1. The maximum absolute atomic E-state index is 13.6. The SMILES string of the molecule is Fc1ccc2nc(Cc3ccccc3)c(-c3ccccc3)cc2c1. The highest BCUT2D eigenvalue weighted by Crippen LogP contribution is 2.28. The number of halogens is 1. The first-order valence-electron chi connectivity index (χ1n) is 7.98. The lowest BCUT2D eigenvalue weighted by Crippen LogP contribution is -1.97. The van der Waals surface area contributed by atoms with Gasteiger partial charge in [-0.05, 0) is 35.4 Å². The van der Waals surface area contributed by atoms with E-state index in [1.54, 1.807) is 12.1 Å². The molecular formula is C22H16FN. The molecule has 24 heavy (non-hydrogen) atoms. The summed E-state index contributed by atoms with van der Waals surface area (Å²) in [6.45, 7) is 0. The van der Waals surface area contributed by atoms with Gasteiger partial charge in [0.1, 0.15) is 5.82 Å². The van der Waals surface area contributed by atoms with Gasteiger partial charge in [-0.15, -0.1) is 0 Å². The molecule has 0 amide bonds. The Morgan fingerprint density at radius 2 is 1.46 bits per heavy atom. The van der Waals surface area contributed by atoms with E-state index in [9.17, 15) is 4.39 Å². The van der Waals surface area contributed by atoms with Gasteiger partial charge in [0, 0.05) is 17.4 Å². The minimum absolute atomic E-state index is 0.237. The van der Waals surface area contributed by atoms with Crippen molar-refractivity contribution in [2.45, 2.75) is 6.42 Å². The van der Waals surface area contributed by atoms with E-state index >= 15 is 0 Å². The Morgan fingerprint density at radius 1 is 0.750 bits per heavy atom. The van der Waals surface area contributed by atoms with Crippen molar-refractivity contribution >= 4 is 10.9 Å². The fourth-order valence-corrected chi connectivity index (χ4v) is 2.98. The lowest BCUT2D eigenvalue weighted by molar-refractivity contribution is 0.629. The third-order valence-corrected chi connectivity index (χ3v) is 4.15. The quantitative estimate of drug-likeness (QED) is 0.477. The number of hydrogen-bond donors (Lipinski definition) is 0. The molecule has 2 heteroatoms. The Kier molecular flexibility index (Phi) is 3.80. The summed E-state index contributed by atoms with van der Waals surface area (Å²) < 4.78 is 13.6. The van der Waals surface area contributed by atoms with E-state index in [2.05, 4.69) is 24.3 Å². The smallest absolute Gasteiger partial charge is 0.123 e. The summed E-state index contributed by atoms with van der Waals surface area (Å²) in [6.07, 6.45) is 0.748. The average molecular weight is 313 g/mol. The molecule has 1 aromatic heterocycles. The van der Waals surface area contributed by atoms with Gasteiger partial charge < -0.3 is 0 Å². The Labute approximate surface area is 140 Å². The number of aromatic nitrogens is 1. The maximum Gasteiger partial charge on any atom is 0.123 e. The minimum Gasteiger partial charge on any atom is -0.252 e. The summed E-state index contributed by atoms with van der Waals surface area (Å²) in [5.74, 6) is -0.237. The Hall–Kier alpha value is -3.00. The van der Waals surface area contributed by atoms with Gasteiger partial charge in [0.2, 0.25) is 0 Å². The maximum atomic E-state index is 13.6. The fourth-order valence-electron chi connectivity index (χ4n) is 2.98. The lowest BCUT2D eigenvalue weighted by atomic mass is 9.97. The van der Waals surface area contributed by atoms with Crippen molar-refractivity contribution in [3.05, 3.63) is 102 Å². The molecule has 0 unspecified atom stereocenters. The number of benzene rings is 3. The fraction of sp³-hybridized carbons (Fsp3) is 0.0455. The van der Waals surface area contributed by atoms with E-state index in [1.165, 1.54) is 11.6 Å². The van der Waals surface area contributed by atoms with Crippen molar-refractivity contribution in [3.8, 4) is 11.1 Å². The van der Waals surface area contributed by atoms with Crippen molar-refractivity contribution in [1.29, 1.82) is 0 Å². The highest BCUT2D eigenvalue weighted by Gasteiger charge is 2.10. The first kappa shape index (κ1) is 14.6. The topological polar surface area (TPSA) is 12.9 Å². The third-order valence-electron chi connectivity index (χ3n) is 4.15. The molecule has 4 rings (SSSR count). The highest BCUT2D eigenvalue weighted by atomic mass is 19.1. The summed E-state index contributed by atoms with van der Waals surface area (Å²) in [5.41, 5.74) is 5.19. The van der Waals surface area contributed by atoms with Crippen LogP contribution in [0.2, 0.25) is 0 Å². The molecule has 4 aromatic rings. The summed E-state index contributed by atoms with van der Waals surface area (Å²) in [6, 6.07) is 27.2. The normalized spacial score (nSPS) is 10.9. The predicted octanol–water partition coefficient (Wildman–Crippen LogP) is 5.63. The molecule has 0 fully saturated rings. The van der Waals surface area contributed by atoms with Crippen molar-refractivity contribution in [2.75, 3.05) is 0 Å². The van der Waals surface area contributed by atoms with Crippen LogP contribution in [0.4, 0.5) is 4.39 Å². The zero-order valence-electron chi connectivity index (χ0n) is 13.1. The van der Waals surface area contributed by atoms with Gasteiger partial charge >= 0.3 is 0 Å². The molecule has 0 N–H and O–H groups in total. The monoisotopic (exact) mass is 313 g/mol. The molecule has 0 saturated carbocycles. The van der Waals surface area contributed by atoms with E-state index < -0.39 is 0 Å². The van der Waals surface area contributed by atoms with Gasteiger partial charge in [-0.2, -0.15) is 0 Å². The van der Waals surface area contributed by atoms with Crippen molar-refractivity contribution in [3.63, 3.8) is 0 Å². The molecule has 0 aliphatic heterocycles. The lowest BCUT2D eigenvalue weighted by Gasteiger charge is -2.11. The molecule has 1 heterocycles. The van der Waals surface area contributed by atoms with Crippen molar-refractivity contribution < 1.29 is 4.39 Å². The average Bonchev–Trinajstić information content (AvgIpc) is 2.63. The highest BCUT2D eigenvalue weighted by molar-refractivity contribution is 5.85. The van der Waals surface area contributed by atoms with Crippen molar-refractivity contribution in [2.24, 2.45) is 0 Å². The molecule has 0 saturated heterocycles. The largest absolute Gasteiger partial charge is 0.252 e. The zero-order chi connectivity index (χ0) is 16.4. The Bertz CT molecular complexity index is 979. The first-order valence-corrected chi connectivity index (χ1v) is 7.98. The van der Waals surface area contributed by atoms with E-state index in [4.69, 9.17) is 4.98 Å². The summed E-state index contributed by atoms with van der Waals surface area (Å²) in [4.78, 5) is 4.82. The third kappa shape index (κ3) is 2.91. The Morgan fingerprint density at radius 3 is 2.21 bits per heavy atom. The van der Waals surface area contributed by atoms with Crippen LogP contribution in [0.15, 0.2) is 84.9 Å². The van der Waals surface area contributed by atoms with E-state index in [1.807, 2.05) is 42.5 Å². The minimum atomic E-state index is -0.237. The number of nitrogens with zero attached hydrogens (tertiary/aromatic N) is 1. The predicted molar refractivity (Wildman–Crippen MR) is 96.4 cm³/mol. The second-order valence-corrected chi connectivity index (χ2v) is 5.85. The second-order valence-electron chi connectivity index (χ2n) is 5.85. The van der Waals surface area contributed by atoms with Crippen LogP contribution in [0.3, 0.4) is 0 Å². The van der Waals surface area contributed by atoms with Gasteiger partial charge in [0.05, 0.1) is 11.2 Å². The van der Waals surface area contributed by atoms with Crippen LogP contribution in [0, 0.1) is 5.82 Å². The van der Waals surface area contributed by atoms with Gasteiger partial charge in [0.25, 0.3) is 0 Å². The van der Waals surface area contributed by atoms with Crippen LogP contribution in [-0.2, 0) is 6.42 Å². The molecule has 1 nitrogen and oxygen atoms in total. The van der Waals surface area contributed by atoms with E-state index in [0.717, 1.165) is 34.1 Å². The molecule has 0 radical (unpaired) electrons. The van der Waals surface area contributed by atoms with Crippen LogP contribution >= 0.6 is 0 Å². The molecular weight excluding hydrogens is 297 g/mol. The van der Waals surface area contributed by atoms with E-state index in [0.29, 0.717) is 0 Å². The van der Waals surface area contributed by atoms with Crippen LogP contribution in [-0.4, -0.2) is 4.98 Å². The van der Waals surface area contributed by atoms with Crippen LogP contribution in [0.25, 0.3) is 22.0 Å². The number of pyridine rings is 1. The molecule has 0 atom stereocenters. The molecule has 3 aromatic carbocycles. The molecule has 0 aliphatic carbocycles. The standard InChI is InChI=1S/C22H16FN/c23-19-11-12-21-18(14-19)15-20(17-9-5-2-6-10-17)22(24-21)13-16-7-3-1-4-8-16/h1-12,14-15H,13H2. The number of fused-ring (bicyclic) bond motifs is 1. The van der Waals surface area contributed by atoms with E-state index in [-0.39, 0.29) is 5.82 Å². The molecule has 116 valence electrons. The Balaban J connectivity index is 1.90. The number of rotatable bonds is 3. The second kappa shape index (κ2) is 6.25. The summed E-state index contributed by atoms with van der Waals surface area (Å²) >= 11 is 0. The van der Waals surface area contributed by atoms with Crippen LogP contribution in [0.1, 0.15) is 11.3 Å². The summed E-state index contributed by atoms with van der Waals surface area (Å²) in [5, 5.41) is 0.825. The van der Waals surface area contributed by atoms with Crippen LogP contribution in [0.5, 0.6) is 0 Å². The van der Waals surface area contributed by atoms with Crippen LogP contribution < -0.4 is 0 Å².